The quantitative estimate of drug-likeness (QED) is 0.785. The Balaban J connectivity index is 2.58. The van der Waals surface area contributed by atoms with Crippen molar-refractivity contribution in [3.05, 3.63) is 0 Å². The van der Waals surface area contributed by atoms with Crippen LogP contribution >= 0.6 is 11.8 Å². The van der Waals surface area contributed by atoms with Crippen LogP contribution in [0.15, 0.2) is 0 Å². The second-order valence-electron chi connectivity index (χ2n) is 4.51. The van der Waals surface area contributed by atoms with Gasteiger partial charge in [-0.25, -0.2) is 0 Å². The Kier molecular flexibility index (Phi) is 4.30. The van der Waals surface area contributed by atoms with Gasteiger partial charge in [0, 0.05) is 0 Å². The molecule has 1 saturated carbocycles. The largest absolute Gasteiger partial charge is 0.481 e. The monoisotopic (exact) mass is 216 g/mol. The van der Waals surface area contributed by atoms with Gasteiger partial charge < -0.3 is 5.11 Å². The topological polar surface area (TPSA) is 37.3 Å². The van der Waals surface area contributed by atoms with Crippen LogP contribution in [0.4, 0.5) is 0 Å². The lowest BCUT2D eigenvalue weighted by atomic mass is 9.69. The van der Waals surface area contributed by atoms with Crippen LogP contribution in [-0.2, 0) is 4.79 Å². The van der Waals surface area contributed by atoms with Gasteiger partial charge in [0.25, 0.3) is 0 Å². The van der Waals surface area contributed by atoms with Crippen molar-refractivity contribution < 1.29 is 9.90 Å². The molecule has 1 rings (SSSR count). The van der Waals surface area contributed by atoms with Crippen LogP contribution < -0.4 is 0 Å². The lowest BCUT2D eigenvalue weighted by Gasteiger charge is -2.35. The third-order valence-corrected chi connectivity index (χ3v) is 4.08. The number of hydrogen-bond donors (Lipinski definition) is 1. The Labute approximate surface area is 90.5 Å². The molecule has 0 spiro atoms. The molecule has 0 amide bonds. The predicted molar refractivity (Wildman–Crippen MR) is 60.7 cm³/mol. The van der Waals surface area contributed by atoms with Gasteiger partial charge >= 0.3 is 5.97 Å². The van der Waals surface area contributed by atoms with Gasteiger partial charge in [-0.05, 0) is 50.0 Å². The van der Waals surface area contributed by atoms with E-state index in [9.17, 15) is 9.90 Å². The number of thioether (sulfide) groups is 1. The third-order valence-electron chi connectivity index (χ3n) is 3.47. The molecule has 0 aromatic carbocycles. The molecule has 0 aliphatic heterocycles. The van der Waals surface area contributed by atoms with E-state index in [-0.39, 0.29) is 0 Å². The van der Waals surface area contributed by atoms with Crippen molar-refractivity contribution in [1.29, 1.82) is 0 Å². The van der Waals surface area contributed by atoms with Gasteiger partial charge in [0.1, 0.15) is 0 Å². The first-order valence-corrected chi connectivity index (χ1v) is 6.72. The van der Waals surface area contributed by atoms with Crippen LogP contribution in [0.3, 0.4) is 0 Å². The lowest BCUT2D eigenvalue weighted by Crippen LogP contribution is -2.35. The van der Waals surface area contributed by atoms with Crippen molar-refractivity contribution in [1.82, 2.24) is 0 Å². The number of aliphatic carboxylic acids is 1. The molecule has 3 heteroatoms. The third kappa shape index (κ3) is 2.66. The summed E-state index contributed by atoms with van der Waals surface area (Å²) in [6.07, 6.45) is 6.81. The molecule has 0 aromatic heterocycles. The van der Waals surface area contributed by atoms with Gasteiger partial charge in [-0.1, -0.05) is 6.92 Å². The highest BCUT2D eigenvalue weighted by Gasteiger charge is 2.40. The van der Waals surface area contributed by atoms with Gasteiger partial charge in [-0.15, -0.1) is 0 Å². The Morgan fingerprint density at radius 3 is 2.50 bits per heavy atom. The number of hydrogen-bond acceptors (Lipinski definition) is 2. The summed E-state index contributed by atoms with van der Waals surface area (Å²) < 4.78 is 0. The molecule has 14 heavy (non-hydrogen) atoms. The number of rotatable bonds is 4. The van der Waals surface area contributed by atoms with Crippen molar-refractivity contribution >= 4 is 17.7 Å². The fraction of sp³-hybridized carbons (Fsp3) is 0.909. The molecule has 0 heterocycles. The van der Waals surface area contributed by atoms with Crippen molar-refractivity contribution in [3.63, 3.8) is 0 Å². The van der Waals surface area contributed by atoms with Crippen molar-refractivity contribution in [2.24, 2.45) is 11.3 Å². The smallest absolute Gasteiger partial charge is 0.309 e. The number of carboxylic acids is 1. The Hall–Kier alpha value is -0.180. The molecule has 82 valence electrons. The van der Waals surface area contributed by atoms with Crippen molar-refractivity contribution in [2.45, 2.75) is 39.0 Å². The van der Waals surface area contributed by atoms with Gasteiger partial charge in [0.15, 0.2) is 0 Å². The van der Waals surface area contributed by atoms with Gasteiger partial charge in [-0.3, -0.25) is 4.79 Å². The number of carbonyl (C=O) groups is 1. The van der Waals surface area contributed by atoms with Crippen LogP contribution in [-0.4, -0.2) is 23.1 Å². The SMILES string of the molecule is CSCCC1(C(=O)O)CCC(C)CC1. The standard InChI is InChI=1S/C11H20O2S/c1-9-3-5-11(6-4-9,10(12)13)7-8-14-2/h9H,3-8H2,1-2H3,(H,12,13). The highest BCUT2D eigenvalue weighted by molar-refractivity contribution is 7.98. The summed E-state index contributed by atoms with van der Waals surface area (Å²) in [5.74, 6) is 1.12. The maximum absolute atomic E-state index is 11.3. The predicted octanol–water partition coefficient (Wildman–Crippen LogP) is 3.02. The second-order valence-corrected chi connectivity index (χ2v) is 5.50. The normalized spacial score (nSPS) is 32.9. The minimum atomic E-state index is -0.571. The van der Waals surface area contributed by atoms with E-state index in [0.29, 0.717) is 0 Å². The fourth-order valence-corrected chi connectivity index (χ4v) is 2.78. The second kappa shape index (κ2) is 5.06. The summed E-state index contributed by atoms with van der Waals surface area (Å²) >= 11 is 1.75. The molecular formula is C11H20O2S. The van der Waals surface area contributed by atoms with E-state index in [4.69, 9.17) is 0 Å². The zero-order valence-corrected chi connectivity index (χ0v) is 9.90. The van der Waals surface area contributed by atoms with E-state index >= 15 is 0 Å². The molecule has 1 aliphatic carbocycles. The van der Waals surface area contributed by atoms with Crippen LogP contribution in [0, 0.1) is 11.3 Å². The molecule has 0 atom stereocenters. The molecule has 2 nitrogen and oxygen atoms in total. The summed E-state index contributed by atoms with van der Waals surface area (Å²) in [5, 5.41) is 9.29. The Morgan fingerprint density at radius 2 is 2.07 bits per heavy atom. The van der Waals surface area contributed by atoms with Crippen LogP contribution in [0.2, 0.25) is 0 Å². The highest BCUT2D eigenvalue weighted by Crippen LogP contribution is 2.42. The molecule has 1 N–H and O–H groups in total. The lowest BCUT2D eigenvalue weighted by molar-refractivity contribution is -0.151. The van der Waals surface area contributed by atoms with Crippen LogP contribution in [0.25, 0.3) is 0 Å². The van der Waals surface area contributed by atoms with Gasteiger partial charge in [-0.2, -0.15) is 11.8 Å². The molecule has 0 aromatic rings. The minimum absolute atomic E-state index is 0.393. The van der Waals surface area contributed by atoms with E-state index in [1.807, 2.05) is 6.26 Å². The van der Waals surface area contributed by atoms with E-state index in [1.54, 1.807) is 11.8 Å². The highest BCUT2D eigenvalue weighted by atomic mass is 32.2. The first-order valence-electron chi connectivity index (χ1n) is 5.33. The molecule has 0 bridgehead atoms. The van der Waals surface area contributed by atoms with E-state index in [2.05, 4.69) is 6.92 Å². The summed E-state index contributed by atoms with van der Waals surface area (Å²) in [4.78, 5) is 11.3. The molecule has 1 fully saturated rings. The first-order chi connectivity index (χ1) is 6.60. The molecular weight excluding hydrogens is 196 g/mol. The van der Waals surface area contributed by atoms with Crippen molar-refractivity contribution in [2.75, 3.05) is 12.0 Å². The maximum atomic E-state index is 11.3. The van der Waals surface area contributed by atoms with Gasteiger partial charge in [0.05, 0.1) is 5.41 Å². The zero-order chi connectivity index (χ0) is 10.6. The van der Waals surface area contributed by atoms with E-state index < -0.39 is 11.4 Å². The molecule has 0 radical (unpaired) electrons. The summed E-state index contributed by atoms with van der Waals surface area (Å²) in [5.41, 5.74) is -0.393. The average molecular weight is 216 g/mol. The molecule has 0 unspecified atom stereocenters. The van der Waals surface area contributed by atoms with E-state index in [1.165, 1.54) is 0 Å². The van der Waals surface area contributed by atoms with Crippen molar-refractivity contribution in [3.8, 4) is 0 Å². The van der Waals surface area contributed by atoms with E-state index in [0.717, 1.165) is 43.8 Å². The average Bonchev–Trinajstić information content (AvgIpc) is 2.17. The zero-order valence-electron chi connectivity index (χ0n) is 9.08. The first kappa shape index (κ1) is 11.9. The summed E-state index contributed by atoms with van der Waals surface area (Å²) in [6, 6.07) is 0. The minimum Gasteiger partial charge on any atom is -0.481 e. The molecule has 0 saturated heterocycles. The van der Waals surface area contributed by atoms with Crippen LogP contribution in [0.1, 0.15) is 39.0 Å². The molecule has 1 aliphatic rings. The maximum Gasteiger partial charge on any atom is 0.309 e. The Morgan fingerprint density at radius 1 is 1.50 bits per heavy atom. The van der Waals surface area contributed by atoms with Gasteiger partial charge in [0.2, 0.25) is 0 Å². The Bertz CT molecular complexity index is 190. The van der Waals surface area contributed by atoms with Crippen LogP contribution in [0.5, 0.6) is 0 Å². The number of carboxylic acid groups (broad SMARTS) is 1. The fourth-order valence-electron chi connectivity index (χ4n) is 2.18. The summed E-state index contributed by atoms with van der Waals surface area (Å²) in [6.45, 7) is 2.22. The summed E-state index contributed by atoms with van der Waals surface area (Å²) in [7, 11) is 0.